The number of aromatic nitrogens is 2. The fourth-order valence-corrected chi connectivity index (χ4v) is 3.34. The minimum absolute atomic E-state index is 0.131. The first-order valence-electron chi connectivity index (χ1n) is 8.92. The number of carbonyl (C=O) groups excluding carboxylic acids is 1. The molecule has 3 heterocycles. The van der Waals surface area contributed by atoms with E-state index >= 15 is 0 Å². The molecule has 1 aliphatic rings. The Bertz CT molecular complexity index is 829. The smallest absolute Gasteiger partial charge is 0.265 e. The number of aryl methyl sites for hydroxylation is 1. The molecule has 0 atom stereocenters. The van der Waals surface area contributed by atoms with Gasteiger partial charge < -0.3 is 14.2 Å². The van der Waals surface area contributed by atoms with Gasteiger partial charge in [0.1, 0.15) is 17.5 Å². The van der Waals surface area contributed by atoms with E-state index in [1.54, 1.807) is 11.5 Å². The van der Waals surface area contributed by atoms with Gasteiger partial charge in [0.05, 0.1) is 5.56 Å². The van der Waals surface area contributed by atoms with Crippen LogP contribution in [0.5, 0.6) is 0 Å². The van der Waals surface area contributed by atoms with E-state index in [-0.39, 0.29) is 17.2 Å². The molecule has 136 valence electrons. The van der Waals surface area contributed by atoms with Crippen molar-refractivity contribution in [3.8, 4) is 0 Å². The lowest BCUT2D eigenvalue weighted by Crippen LogP contribution is -2.48. The topological polar surface area (TPSA) is 71.6 Å². The molecule has 2 aromatic heterocycles. The van der Waals surface area contributed by atoms with Crippen LogP contribution in [0, 0.1) is 12.8 Å². The van der Waals surface area contributed by atoms with Gasteiger partial charge >= 0.3 is 0 Å². The van der Waals surface area contributed by atoms with Crippen LogP contribution in [0.1, 0.15) is 36.9 Å². The zero-order valence-corrected chi connectivity index (χ0v) is 15.4. The minimum Gasteiger partial charge on any atom is -0.442 e. The highest BCUT2D eigenvalue weighted by Crippen LogP contribution is 2.23. The Hall–Kier alpha value is -2.15. The summed E-state index contributed by atoms with van der Waals surface area (Å²) < 4.78 is 7.17. The normalized spacial score (nSPS) is 16.1. The van der Waals surface area contributed by atoms with E-state index in [0.717, 1.165) is 19.6 Å². The van der Waals surface area contributed by atoms with E-state index in [1.807, 2.05) is 18.7 Å². The number of hydrogen-bond acceptors (Lipinski definition) is 5. The molecule has 7 nitrogen and oxygen atoms in total. The number of furan rings is 1. The standard InChI is InChI=1S/C18H26N4O3/c1-5-20-6-8-21(9-7-20)17(23)14-13(4)25-16-15(14)18(24)22(11-19-16)10-12(2)3/h11-12H,5-10H2,1-4H3. The molecule has 1 aliphatic heterocycles. The van der Waals surface area contributed by atoms with Gasteiger partial charge in [-0.05, 0) is 19.4 Å². The number of rotatable bonds is 4. The minimum atomic E-state index is -0.203. The van der Waals surface area contributed by atoms with Gasteiger partial charge in [-0.3, -0.25) is 14.2 Å². The molecule has 2 aromatic rings. The van der Waals surface area contributed by atoms with Crippen molar-refractivity contribution >= 4 is 17.0 Å². The Labute approximate surface area is 147 Å². The lowest BCUT2D eigenvalue weighted by atomic mass is 10.1. The van der Waals surface area contributed by atoms with Gasteiger partial charge in [-0.1, -0.05) is 20.8 Å². The van der Waals surface area contributed by atoms with Crippen molar-refractivity contribution in [3.05, 3.63) is 28.0 Å². The lowest BCUT2D eigenvalue weighted by Gasteiger charge is -2.34. The summed E-state index contributed by atoms with van der Waals surface area (Å²) >= 11 is 0. The number of likely N-dealkylation sites (N-methyl/N-ethyl adjacent to an activating group) is 1. The van der Waals surface area contributed by atoms with Crippen molar-refractivity contribution in [1.29, 1.82) is 0 Å². The van der Waals surface area contributed by atoms with Crippen LogP contribution in [-0.2, 0) is 6.54 Å². The molecular weight excluding hydrogens is 320 g/mol. The molecule has 0 saturated carbocycles. The third kappa shape index (κ3) is 3.33. The summed E-state index contributed by atoms with van der Waals surface area (Å²) in [7, 11) is 0. The molecule has 0 N–H and O–H groups in total. The van der Waals surface area contributed by atoms with Gasteiger partial charge in [-0.15, -0.1) is 0 Å². The highest BCUT2D eigenvalue weighted by atomic mass is 16.3. The van der Waals surface area contributed by atoms with Gasteiger partial charge in [0.2, 0.25) is 5.71 Å². The molecule has 0 bridgehead atoms. The van der Waals surface area contributed by atoms with Crippen LogP contribution in [0.25, 0.3) is 11.1 Å². The Morgan fingerprint density at radius 1 is 1.28 bits per heavy atom. The van der Waals surface area contributed by atoms with Crippen molar-refractivity contribution < 1.29 is 9.21 Å². The molecule has 0 spiro atoms. The van der Waals surface area contributed by atoms with Crippen LogP contribution in [0.2, 0.25) is 0 Å². The van der Waals surface area contributed by atoms with Crippen LogP contribution in [0.3, 0.4) is 0 Å². The van der Waals surface area contributed by atoms with E-state index in [1.165, 1.54) is 6.33 Å². The van der Waals surface area contributed by atoms with Crippen LogP contribution >= 0.6 is 0 Å². The summed E-state index contributed by atoms with van der Waals surface area (Å²) in [4.78, 5) is 34.3. The first-order chi connectivity index (χ1) is 11.9. The van der Waals surface area contributed by atoms with E-state index < -0.39 is 0 Å². The van der Waals surface area contributed by atoms with E-state index in [4.69, 9.17) is 4.42 Å². The van der Waals surface area contributed by atoms with Crippen LogP contribution in [0.15, 0.2) is 15.5 Å². The molecule has 0 aromatic carbocycles. The molecule has 1 saturated heterocycles. The SMILES string of the molecule is CCN1CCN(C(=O)c2c(C)oc3ncn(CC(C)C)c(=O)c23)CC1. The predicted octanol–water partition coefficient (Wildman–Crippen LogP) is 1.73. The number of carbonyl (C=O) groups is 1. The van der Waals surface area contributed by atoms with Crippen molar-refractivity contribution in [3.63, 3.8) is 0 Å². The fourth-order valence-electron chi connectivity index (χ4n) is 3.34. The van der Waals surface area contributed by atoms with Crippen molar-refractivity contribution in [2.24, 2.45) is 5.92 Å². The number of piperazine rings is 1. The number of amides is 1. The van der Waals surface area contributed by atoms with Crippen LogP contribution in [0.4, 0.5) is 0 Å². The van der Waals surface area contributed by atoms with Crippen molar-refractivity contribution in [2.45, 2.75) is 34.2 Å². The predicted molar refractivity (Wildman–Crippen MR) is 95.9 cm³/mol. The maximum absolute atomic E-state index is 13.0. The van der Waals surface area contributed by atoms with Gasteiger partial charge in [-0.2, -0.15) is 0 Å². The lowest BCUT2D eigenvalue weighted by molar-refractivity contribution is 0.0643. The third-order valence-electron chi connectivity index (χ3n) is 4.74. The molecule has 0 radical (unpaired) electrons. The Morgan fingerprint density at radius 2 is 1.96 bits per heavy atom. The Morgan fingerprint density at radius 3 is 2.56 bits per heavy atom. The van der Waals surface area contributed by atoms with Gasteiger partial charge in [-0.25, -0.2) is 4.98 Å². The van der Waals surface area contributed by atoms with Crippen LogP contribution < -0.4 is 5.56 Å². The van der Waals surface area contributed by atoms with Crippen LogP contribution in [-0.4, -0.2) is 58.0 Å². The molecule has 3 rings (SSSR count). The highest BCUT2D eigenvalue weighted by molar-refractivity contribution is 6.06. The Balaban J connectivity index is 1.99. The number of hydrogen-bond donors (Lipinski definition) is 0. The molecule has 0 unspecified atom stereocenters. The summed E-state index contributed by atoms with van der Waals surface area (Å²) in [5, 5.41) is 0.309. The van der Waals surface area contributed by atoms with Gasteiger partial charge in [0.25, 0.3) is 11.5 Å². The van der Waals surface area contributed by atoms with E-state index in [2.05, 4.69) is 16.8 Å². The third-order valence-corrected chi connectivity index (χ3v) is 4.74. The maximum atomic E-state index is 13.0. The average Bonchev–Trinajstić information content (AvgIpc) is 2.93. The molecule has 1 fully saturated rings. The quantitative estimate of drug-likeness (QED) is 0.843. The fraction of sp³-hybridized carbons (Fsp3) is 0.611. The summed E-state index contributed by atoms with van der Waals surface area (Å²) in [5.74, 6) is 0.643. The highest BCUT2D eigenvalue weighted by Gasteiger charge is 2.28. The van der Waals surface area contributed by atoms with Gasteiger partial charge in [0.15, 0.2) is 0 Å². The second-order valence-electron chi connectivity index (χ2n) is 7.04. The molecule has 7 heteroatoms. The monoisotopic (exact) mass is 346 g/mol. The average molecular weight is 346 g/mol. The molecule has 1 amide bonds. The van der Waals surface area contributed by atoms with Crippen molar-refractivity contribution in [1.82, 2.24) is 19.4 Å². The first kappa shape index (κ1) is 17.7. The zero-order valence-electron chi connectivity index (χ0n) is 15.4. The molecular formula is C18H26N4O3. The maximum Gasteiger partial charge on any atom is 0.265 e. The first-order valence-corrected chi connectivity index (χ1v) is 8.92. The summed E-state index contributed by atoms with van der Waals surface area (Å²) in [6.07, 6.45) is 1.50. The summed E-state index contributed by atoms with van der Waals surface area (Å²) in [6, 6.07) is 0. The summed E-state index contributed by atoms with van der Waals surface area (Å²) in [6.45, 7) is 12.5. The summed E-state index contributed by atoms with van der Waals surface area (Å²) in [5.41, 5.74) is 0.416. The van der Waals surface area contributed by atoms with E-state index in [9.17, 15) is 9.59 Å². The number of nitrogens with zero attached hydrogens (tertiary/aromatic N) is 4. The molecule has 0 aliphatic carbocycles. The second-order valence-corrected chi connectivity index (χ2v) is 7.04. The van der Waals surface area contributed by atoms with Crippen molar-refractivity contribution in [2.75, 3.05) is 32.7 Å². The largest absolute Gasteiger partial charge is 0.442 e. The zero-order chi connectivity index (χ0) is 18.1. The number of fused-ring (bicyclic) bond motifs is 1. The van der Waals surface area contributed by atoms with E-state index in [0.29, 0.717) is 42.3 Å². The Kier molecular flexibility index (Phi) is 4.94. The second kappa shape index (κ2) is 7.00. The van der Waals surface area contributed by atoms with Gasteiger partial charge in [0, 0.05) is 32.7 Å². The molecule has 25 heavy (non-hydrogen) atoms.